The van der Waals surface area contributed by atoms with Crippen LogP contribution in [0.25, 0.3) is 0 Å². The summed E-state index contributed by atoms with van der Waals surface area (Å²) >= 11 is 1.74. The van der Waals surface area contributed by atoms with Crippen LogP contribution < -0.4 is 4.74 Å². The number of aliphatic hydroxyl groups excluding tert-OH is 1. The van der Waals surface area contributed by atoms with E-state index in [9.17, 15) is 0 Å². The number of rotatable bonds is 8. The van der Waals surface area contributed by atoms with Crippen molar-refractivity contribution in [3.05, 3.63) is 24.3 Å². The molecule has 90 valence electrons. The molecule has 0 aliphatic heterocycles. The largest absolute Gasteiger partial charge is 0.494 e. The lowest BCUT2D eigenvalue weighted by molar-refractivity contribution is 0.273. The summed E-state index contributed by atoms with van der Waals surface area (Å²) in [4.78, 5) is 1.26. The fraction of sp³-hybridized carbons (Fsp3) is 0.538. The molecule has 0 amide bonds. The fourth-order valence-electron chi connectivity index (χ4n) is 1.43. The van der Waals surface area contributed by atoms with Gasteiger partial charge in [-0.2, -0.15) is 0 Å². The number of thioether (sulfide) groups is 1. The maximum absolute atomic E-state index is 8.62. The predicted molar refractivity (Wildman–Crippen MR) is 69.3 cm³/mol. The Balaban J connectivity index is 2.12. The SMILES string of the molecule is CSc1ccc(OCCCCCCO)cc1. The van der Waals surface area contributed by atoms with E-state index in [4.69, 9.17) is 9.84 Å². The topological polar surface area (TPSA) is 29.5 Å². The van der Waals surface area contributed by atoms with E-state index in [1.54, 1.807) is 11.8 Å². The van der Waals surface area contributed by atoms with Crippen LogP contribution in [0.3, 0.4) is 0 Å². The minimum atomic E-state index is 0.303. The summed E-state index contributed by atoms with van der Waals surface area (Å²) in [7, 11) is 0. The van der Waals surface area contributed by atoms with Crippen LogP contribution in [0, 0.1) is 0 Å². The van der Waals surface area contributed by atoms with Gasteiger partial charge in [0, 0.05) is 11.5 Å². The molecule has 1 rings (SSSR count). The van der Waals surface area contributed by atoms with Crippen molar-refractivity contribution in [2.45, 2.75) is 30.6 Å². The molecule has 0 spiro atoms. The normalized spacial score (nSPS) is 10.4. The van der Waals surface area contributed by atoms with Crippen LogP contribution in [-0.2, 0) is 0 Å². The Morgan fingerprint density at radius 2 is 1.75 bits per heavy atom. The molecule has 3 heteroatoms. The monoisotopic (exact) mass is 240 g/mol. The van der Waals surface area contributed by atoms with Gasteiger partial charge in [-0.15, -0.1) is 11.8 Å². The smallest absolute Gasteiger partial charge is 0.119 e. The van der Waals surface area contributed by atoms with E-state index in [0.29, 0.717) is 6.61 Å². The van der Waals surface area contributed by atoms with Gasteiger partial charge in [-0.05, 0) is 49.8 Å². The second-order valence-electron chi connectivity index (χ2n) is 3.66. The van der Waals surface area contributed by atoms with Crippen molar-refractivity contribution in [2.75, 3.05) is 19.5 Å². The van der Waals surface area contributed by atoms with Gasteiger partial charge in [-0.1, -0.05) is 6.42 Å². The van der Waals surface area contributed by atoms with Crippen molar-refractivity contribution in [3.8, 4) is 5.75 Å². The Morgan fingerprint density at radius 3 is 2.38 bits per heavy atom. The van der Waals surface area contributed by atoms with Crippen LogP contribution in [0.5, 0.6) is 5.75 Å². The Kier molecular flexibility index (Phi) is 7.10. The molecule has 0 saturated heterocycles. The minimum Gasteiger partial charge on any atom is -0.494 e. The minimum absolute atomic E-state index is 0.303. The van der Waals surface area contributed by atoms with Gasteiger partial charge in [0.2, 0.25) is 0 Å². The molecule has 16 heavy (non-hydrogen) atoms. The molecule has 2 nitrogen and oxygen atoms in total. The highest BCUT2D eigenvalue weighted by Crippen LogP contribution is 2.19. The molecule has 0 radical (unpaired) electrons. The number of hydrogen-bond acceptors (Lipinski definition) is 3. The van der Waals surface area contributed by atoms with E-state index in [-0.39, 0.29) is 0 Å². The van der Waals surface area contributed by atoms with Crippen LogP contribution in [0.15, 0.2) is 29.2 Å². The summed E-state index contributed by atoms with van der Waals surface area (Å²) in [6.07, 6.45) is 6.25. The third-order valence-corrected chi connectivity index (χ3v) is 3.12. The highest BCUT2D eigenvalue weighted by atomic mass is 32.2. The molecule has 0 unspecified atom stereocenters. The van der Waals surface area contributed by atoms with Crippen molar-refractivity contribution in [3.63, 3.8) is 0 Å². The molecule has 0 atom stereocenters. The molecule has 1 N–H and O–H groups in total. The van der Waals surface area contributed by atoms with E-state index < -0.39 is 0 Å². The van der Waals surface area contributed by atoms with Crippen molar-refractivity contribution in [1.29, 1.82) is 0 Å². The lowest BCUT2D eigenvalue weighted by atomic mass is 10.2. The molecule has 0 heterocycles. The Bertz CT molecular complexity index is 272. The Hall–Kier alpha value is -0.670. The number of aliphatic hydroxyl groups is 1. The maximum atomic E-state index is 8.62. The quantitative estimate of drug-likeness (QED) is 0.558. The summed E-state index contributed by atoms with van der Waals surface area (Å²) in [5.74, 6) is 0.944. The third kappa shape index (κ3) is 5.42. The van der Waals surface area contributed by atoms with Crippen LogP contribution in [-0.4, -0.2) is 24.6 Å². The van der Waals surface area contributed by atoms with Gasteiger partial charge in [-0.25, -0.2) is 0 Å². The third-order valence-electron chi connectivity index (χ3n) is 2.38. The number of unbranched alkanes of at least 4 members (excludes halogenated alkanes) is 3. The first-order chi connectivity index (χ1) is 7.86. The van der Waals surface area contributed by atoms with Crippen molar-refractivity contribution in [2.24, 2.45) is 0 Å². The van der Waals surface area contributed by atoms with E-state index in [2.05, 4.69) is 18.4 Å². The molecular weight excluding hydrogens is 220 g/mol. The summed E-state index contributed by atoms with van der Waals surface area (Å²) in [6.45, 7) is 1.07. The van der Waals surface area contributed by atoms with E-state index >= 15 is 0 Å². The highest BCUT2D eigenvalue weighted by molar-refractivity contribution is 7.98. The van der Waals surface area contributed by atoms with E-state index in [0.717, 1.165) is 38.0 Å². The maximum Gasteiger partial charge on any atom is 0.119 e. The molecule has 0 bridgehead atoms. The zero-order valence-corrected chi connectivity index (χ0v) is 10.6. The lowest BCUT2D eigenvalue weighted by Gasteiger charge is -2.06. The zero-order chi connectivity index (χ0) is 11.6. The summed E-state index contributed by atoms with van der Waals surface area (Å²) in [5.41, 5.74) is 0. The fourth-order valence-corrected chi connectivity index (χ4v) is 1.84. The molecule has 0 saturated carbocycles. The number of hydrogen-bond donors (Lipinski definition) is 1. The zero-order valence-electron chi connectivity index (χ0n) is 9.82. The molecule has 1 aromatic carbocycles. The Labute approximate surface area is 102 Å². The molecule has 1 aromatic rings. The lowest BCUT2D eigenvalue weighted by Crippen LogP contribution is -1.97. The summed E-state index contributed by atoms with van der Waals surface area (Å²) in [5, 5.41) is 8.62. The van der Waals surface area contributed by atoms with Crippen LogP contribution >= 0.6 is 11.8 Å². The van der Waals surface area contributed by atoms with Crippen LogP contribution in [0.1, 0.15) is 25.7 Å². The van der Waals surface area contributed by atoms with E-state index in [1.165, 1.54) is 4.90 Å². The average Bonchev–Trinajstić information content (AvgIpc) is 2.34. The molecular formula is C13H20O2S. The van der Waals surface area contributed by atoms with Gasteiger partial charge in [0.25, 0.3) is 0 Å². The van der Waals surface area contributed by atoms with Gasteiger partial charge >= 0.3 is 0 Å². The first-order valence-electron chi connectivity index (χ1n) is 5.74. The molecule has 0 aliphatic carbocycles. The van der Waals surface area contributed by atoms with Gasteiger partial charge in [-0.3, -0.25) is 0 Å². The summed E-state index contributed by atoms with van der Waals surface area (Å²) < 4.78 is 5.61. The van der Waals surface area contributed by atoms with Gasteiger partial charge in [0.05, 0.1) is 6.61 Å². The van der Waals surface area contributed by atoms with Gasteiger partial charge in [0.1, 0.15) is 5.75 Å². The molecule has 0 aliphatic rings. The second-order valence-corrected chi connectivity index (χ2v) is 4.54. The highest BCUT2D eigenvalue weighted by Gasteiger charge is 1.94. The number of benzene rings is 1. The standard InChI is InChI=1S/C13H20O2S/c1-16-13-8-6-12(7-9-13)15-11-5-3-2-4-10-14/h6-9,14H,2-5,10-11H2,1H3. The summed E-state index contributed by atoms with van der Waals surface area (Å²) in [6, 6.07) is 8.18. The van der Waals surface area contributed by atoms with E-state index in [1.807, 2.05) is 12.1 Å². The average molecular weight is 240 g/mol. The molecule has 0 aromatic heterocycles. The van der Waals surface area contributed by atoms with Crippen molar-refractivity contribution < 1.29 is 9.84 Å². The first-order valence-corrected chi connectivity index (χ1v) is 6.97. The van der Waals surface area contributed by atoms with Crippen LogP contribution in [0.4, 0.5) is 0 Å². The van der Waals surface area contributed by atoms with Crippen molar-refractivity contribution >= 4 is 11.8 Å². The first kappa shape index (κ1) is 13.4. The van der Waals surface area contributed by atoms with Crippen LogP contribution in [0.2, 0.25) is 0 Å². The molecule has 0 fully saturated rings. The second kappa shape index (κ2) is 8.48. The predicted octanol–water partition coefficient (Wildman–Crippen LogP) is 3.34. The number of ether oxygens (including phenoxy) is 1. The Morgan fingerprint density at radius 1 is 1.06 bits per heavy atom. The van der Waals surface area contributed by atoms with Gasteiger partial charge < -0.3 is 9.84 Å². The van der Waals surface area contributed by atoms with Crippen molar-refractivity contribution in [1.82, 2.24) is 0 Å². The van der Waals surface area contributed by atoms with Gasteiger partial charge in [0.15, 0.2) is 0 Å².